The molecule has 2 saturated carbocycles. The lowest BCUT2D eigenvalue weighted by molar-refractivity contribution is -0.139. The summed E-state index contributed by atoms with van der Waals surface area (Å²) in [5.41, 5.74) is 6.23. The third-order valence-corrected chi connectivity index (χ3v) is 6.34. The molecule has 166 valence electrons. The molecule has 0 saturated heterocycles. The number of ether oxygens (including phenoxy) is 2. The lowest BCUT2D eigenvalue weighted by atomic mass is 9.93. The molecule has 2 fully saturated rings. The second-order valence-electron chi connectivity index (χ2n) is 8.53. The van der Waals surface area contributed by atoms with Crippen LogP contribution in [0.4, 0.5) is 4.79 Å². The summed E-state index contributed by atoms with van der Waals surface area (Å²) in [7, 11) is 0. The van der Waals surface area contributed by atoms with Gasteiger partial charge in [0.15, 0.2) is 6.73 Å². The maximum absolute atomic E-state index is 11.8. The second-order valence-corrected chi connectivity index (χ2v) is 8.53. The Bertz CT molecular complexity index is 672. The molecule has 3 N–H and O–H groups in total. The van der Waals surface area contributed by atoms with Gasteiger partial charge in [0.2, 0.25) is 0 Å². The van der Waals surface area contributed by atoms with Gasteiger partial charge >= 0.3 is 12.1 Å². The molecular weight excluding hydrogens is 380 g/mol. The average Bonchev–Trinajstić information content (AvgIpc) is 3.33. The van der Waals surface area contributed by atoms with Crippen LogP contribution >= 0.6 is 0 Å². The van der Waals surface area contributed by atoms with Gasteiger partial charge in [0.25, 0.3) is 0 Å². The minimum Gasteiger partial charge on any atom is -0.449 e. The Hall–Kier alpha value is -2.34. The highest BCUT2D eigenvalue weighted by Gasteiger charge is 2.33. The fourth-order valence-corrected chi connectivity index (χ4v) is 4.56. The van der Waals surface area contributed by atoms with E-state index in [1.807, 2.05) is 6.08 Å². The van der Waals surface area contributed by atoms with E-state index >= 15 is 0 Å². The standard InChI is InChI=1S/C24H36N2O4/c1-5-17-9-20(21(10-17)13-25)8-7-18-11-19(6-2)22(12-18)14-29-24(28)26-15-30-23(27)16(3)4/h5-8,17-22H,1-3,9-15,25H2,4H3,(H,26,28)/b8-7-. The van der Waals surface area contributed by atoms with Gasteiger partial charge in [0, 0.05) is 11.5 Å². The van der Waals surface area contributed by atoms with Gasteiger partial charge in [-0.2, -0.15) is 0 Å². The first-order chi connectivity index (χ1) is 14.4. The number of carbonyl (C=O) groups excluding carboxylic acids is 2. The zero-order valence-corrected chi connectivity index (χ0v) is 18.1. The Morgan fingerprint density at radius 2 is 1.70 bits per heavy atom. The number of amides is 1. The van der Waals surface area contributed by atoms with Crippen molar-refractivity contribution in [2.24, 2.45) is 41.2 Å². The van der Waals surface area contributed by atoms with Crippen molar-refractivity contribution in [2.45, 2.75) is 32.6 Å². The maximum atomic E-state index is 11.8. The smallest absolute Gasteiger partial charge is 0.409 e. The van der Waals surface area contributed by atoms with E-state index in [2.05, 4.69) is 43.3 Å². The Labute approximate surface area is 180 Å². The van der Waals surface area contributed by atoms with E-state index in [4.69, 9.17) is 15.2 Å². The molecule has 2 rings (SSSR count). The summed E-state index contributed by atoms with van der Waals surface area (Å²) < 4.78 is 10.2. The molecule has 0 aromatic heterocycles. The normalized spacial score (nSPS) is 30.7. The van der Waals surface area contributed by atoms with Crippen molar-refractivity contribution >= 4 is 12.1 Å². The SMILES string of the molecule is C=CC1CC(/C=C\C2CC(C=C)C(COC(=O)NCOC(=O)C(=C)C)C2)C(CN)C1. The van der Waals surface area contributed by atoms with Crippen LogP contribution in [0.15, 0.2) is 49.6 Å². The van der Waals surface area contributed by atoms with E-state index in [1.165, 1.54) is 0 Å². The molecule has 0 radical (unpaired) electrons. The molecule has 30 heavy (non-hydrogen) atoms. The van der Waals surface area contributed by atoms with Crippen LogP contribution in [-0.2, 0) is 14.3 Å². The highest BCUT2D eigenvalue weighted by molar-refractivity contribution is 5.87. The van der Waals surface area contributed by atoms with Crippen molar-refractivity contribution in [2.75, 3.05) is 19.9 Å². The van der Waals surface area contributed by atoms with Crippen LogP contribution in [0, 0.1) is 35.5 Å². The molecular formula is C24H36N2O4. The molecule has 6 atom stereocenters. The first-order valence-corrected chi connectivity index (χ1v) is 10.7. The van der Waals surface area contributed by atoms with Crippen molar-refractivity contribution in [3.63, 3.8) is 0 Å². The van der Waals surface area contributed by atoms with Gasteiger partial charge in [-0.25, -0.2) is 9.59 Å². The van der Waals surface area contributed by atoms with Crippen molar-refractivity contribution in [3.05, 3.63) is 49.6 Å². The summed E-state index contributed by atoms with van der Waals surface area (Å²) in [6.45, 7) is 13.7. The van der Waals surface area contributed by atoms with Crippen LogP contribution in [0.3, 0.4) is 0 Å². The molecule has 2 aliphatic carbocycles. The fourth-order valence-electron chi connectivity index (χ4n) is 4.56. The summed E-state index contributed by atoms with van der Waals surface area (Å²) in [4.78, 5) is 23.1. The highest BCUT2D eigenvalue weighted by Crippen LogP contribution is 2.41. The minimum atomic E-state index is -0.599. The molecule has 1 amide bonds. The van der Waals surface area contributed by atoms with E-state index in [-0.39, 0.29) is 18.2 Å². The topological polar surface area (TPSA) is 90.6 Å². The third-order valence-electron chi connectivity index (χ3n) is 6.34. The average molecular weight is 417 g/mol. The number of nitrogens with one attached hydrogen (secondary N) is 1. The monoisotopic (exact) mass is 416 g/mol. The van der Waals surface area contributed by atoms with E-state index < -0.39 is 12.1 Å². The molecule has 0 aliphatic heterocycles. The molecule has 0 aromatic rings. The second kappa shape index (κ2) is 11.7. The Balaban J connectivity index is 1.78. The maximum Gasteiger partial charge on any atom is 0.409 e. The van der Waals surface area contributed by atoms with Crippen LogP contribution < -0.4 is 11.1 Å². The van der Waals surface area contributed by atoms with Crippen molar-refractivity contribution in [3.8, 4) is 0 Å². The summed E-state index contributed by atoms with van der Waals surface area (Å²) in [6, 6.07) is 0. The van der Waals surface area contributed by atoms with Crippen LogP contribution in [-0.4, -0.2) is 31.9 Å². The van der Waals surface area contributed by atoms with Crippen molar-refractivity contribution in [1.29, 1.82) is 0 Å². The quantitative estimate of drug-likeness (QED) is 0.243. The van der Waals surface area contributed by atoms with Crippen molar-refractivity contribution < 1.29 is 19.1 Å². The van der Waals surface area contributed by atoms with Gasteiger partial charge in [0.1, 0.15) is 0 Å². The zero-order chi connectivity index (χ0) is 22.1. The molecule has 0 aromatic carbocycles. The fraction of sp³-hybridized carbons (Fsp3) is 0.583. The van der Waals surface area contributed by atoms with Crippen LogP contribution in [0.2, 0.25) is 0 Å². The van der Waals surface area contributed by atoms with Gasteiger partial charge < -0.3 is 15.2 Å². The molecule has 6 nitrogen and oxygen atoms in total. The van der Waals surface area contributed by atoms with E-state index in [9.17, 15) is 9.59 Å². The van der Waals surface area contributed by atoms with Gasteiger partial charge in [-0.1, -0.05) is 30.9 Å². The van der Waals surface area contributed by atoms with Crippen molar-refractivity contribution in [1.82, 2.24) is 5.32 Å². The summed E-state index contributed by atoms with van der Waals surface area (Å²) in [5, 5.41) is 2.41. The number of hydrogen-bond acceptors (Lipinski definition) is 5. The number of carbonyl (C=O) groups is 2. The summed E-state index contributed by atoms with van der Waals surface area (Å²) in [6.07, 6.45) is 12.3. The van der Waals surface area contributed by atoms with Gasteiger partial charge in [-0.3, -0.25) is 5.32 Å². The van der Waals surface area contributed by atoms with Gasteiger partial charge in [0.05, 0.1) is 6.61 Å². The van der Waals surface area contributed by atoms with Gasteiger partial charge in [-0.05, 0) is 68.7 Å². The van der Waals surface area contributed by atoms with E-state index in [0.717, 1.165) is 25.7 Å². The van der Waals surface area contributed by atoms with E-state index in [0.29, 0.717) is 42.7 Å². The number of nitrogens with two attached hydrogens (primary N) is 1. The molecule has 0 heterocycles. The molecule has 2 aliphatic rings. The molecule has 0 bridgehead atoms. The van der Waals surface area contributed by atoms with Crippen LogP contribution in [0.5, 0.6) is 0 Å². The number of esters is 1. The first kappa shape index (κ1) is 23.9. The predicted molar refractivity (Wildman–Crippen MR) is 118 cm³/mol. The highest BCUT2D eigenvalue weighted by atomic mass is 16.6. The van der Waals surface area contributed by atoms with E-state index in [1.54, 1.807) is 6.92 Å². The molecule has 6 unspecified atom stereocenters. The Morgan fingerprint density at radius 1 is 1.00 bits per heavy atom. The summed E-state index contributed by atoms with van der Waals surface area (Å²) in [5.74, 6) is 2.05. The summed E-state index contributed by atoms with van der Waals surface area (Å²) >= 11 is 0. The number of hydrogen-bond donors (Lipinski definition) is 2. The van der Waals surface area contributed by atoms with Gasteiger partial charge in [-0.15, -0.1) is 13.2 Å². The van der Waals surface area contributed by atoms with Crippen LogP contribution in [0.1, 0.15) is 32.6 Å². The Kier molecular flexibility index (Phi) is 9.37. The predicted octanol–water partition coefficient (Wildman–Crippen LogP) is 3.96. The molecule has 0 spiro atoms. The largest absolute Gasteiger partial charge is 0.449 e. The Morgan fingerprint density at radius 3 is 2.33 bits per heavy atom. The molecule has 6 heteroatoms. The first-order valence-electron chi connectivity index (χ1n) is 10.7. The lowest BCUT2D eigenvalue weighted by Gasteiger charge is -2.16. The zero-order valence-electron chi connectivity index (χ0n) is 18.1. The number of alkyl carbamates (subject to hydrolysis) is 1. The number of allylic oxidation sites excluding steroid dienone is 4. The lowest BCUT2D eigenvalue weighted by Crippen LogP contribution is -2.30. The number of rotatable bonds is 10. The third kappa shape index (κ3) is 6.87. The minimum absolute atomic E-state index is 0.232. The van der Waals surface area contributed by atoms with Crippen LogP contribution in [0.25, 0.3) is 0 Å².